The van der Waals surface area contributed by atoms with Crippen LogP contribution in [0.15, 0.2) is 121 Å². The Bertz CT molecular complexity index is 1470. The lowest BCUT2D eigenvalue weighted by molar-refractivity contribution is 0.415. The maximum absolute atomic E-state index is 10.1. The molecule has 1 aliphatic rings. The highest BCUT2D eigenvalue weighted by molar-refractivity contribution is 5.88. The number of methoxy groups -OCH3 is 1. The van der Waals surface area contributed by atoms with Gasteiger partial charge in [-0.1, -0.05) is 91.0 Å². The number of ether oxygens (including phenoxy) is 1. The molecular formula is C32H24O2. The maximum Gasteiger partial charge on any atom is 0.118 e. The summed E-state index contributed by atoms with van der Waals surface area (Å²) in [5, 5.41) is 10.1. The number of rotatable bonds is 4. The molecule has 0 amide bonds. The monoisotopic (exact) mass is 440 g/mol. The lowest BCUT2D eigenvalue weighted by atomic mass is 9.67. The normalized spacial score (nSPS) is 16.0. The molecular weight excluding hydrogens is 416 g/mol. The number of aromatic hydroxyl groups is 1. The van der Waals surface area contributed by atoms with Crippen molar-refractivity contribution < 1.29 is 9.84 Å². The molecule has 5 aromatic rings. The molecule has 0 bridgehead atoms. The van der Waals surface area contributed by atoms with Crippen molar-refractivity contribution >= 4 is 0 Å². The van der Waals surface area contributed by atoms with Gasteiger partial charge in [0.25, 0.3) is 0 Å². The number of phenolic OH excluding ortho intramolecular Hbond substituents is 1. The van der Waals surface area contributed by atoms with E-state index in [-0.39, 0.29) is 5.75 Å². The van der Waals surface area contributed by atoms with Crippen LogP contribution in [0.2, 0.25) is 0 Å². The second-order valence-electron chi connectivity index (χ2n) is 8.70. The molecule has 0 saturated heterocycles. The molecule has 6 rings (SSSR count). The van der Waals surface area contributed by atoms with E-state index in [1.165, 1.54) is 27.8 Å². The van der Waals surface area contributed by atoms with Crippen LogP contribution < -0.4 is 4.74 Å². The molecule has 164 valence electrons. The highest BCUT2D eigenvalue weighted by Crippen LogP contribution is 2.56. The summed E-state index contributed by atoms with van der Waals surface area (Å²) >= 11 is 0. The van der Waals surface area contributed by atoms with Gasteiger partial charge in [0, 0.05) is 0 Å². The van der Waals surface area contributed by atoms with Crippen molar-refractivity contribution in [2.45, 2.75) is 5.41 Å². The smallest absolute Gasteiger partial charge is 0.118 e. The Hall–Kier alpha value is -4.30. The number of hydrogen-bond acceptors (Lipinski definition) is 2. The Morgan fingerprint density at radius 2 is 1.18 bits per heavy atom. The summed E-state index contributed by atoms with van der Waals surface area (Å²) in [6, 6.07) is 42.0. The van der Waals surface area contributed by atoms with Crippen molar-refractivity contribution in [3.63, 3.8) is 0 Å². The van der Waals surface area contributed by atoms with E-state index in [4.69, 9.17) is 4.74 Å². The Morgan fingerprint density at radius 3 is 1.91 bits per heavy atom. The fraction of sp³-hybridized carbons (Fsp3) is 0.0625. The molecule has 5 aromatic carbocycles. The quantitative estimate of drug-likeness (QED) is 0.309. The van der Waals surface area contributed by atoms with Gasteiger partial charge in [0.05, 0.1) is 12.5 Å². The zero-order valence-corrected chi connectivity index (χ0v) is 18.9. The Labute approximate surface area is 199 Å². The van der Waals surface area contributed by atoms with Crippen LogP contribution in [0.1, 0.15) is 22.3 Å². The van der Waals surface area contributed by atoms with E-state index in [0.29, 0.717) is 0 Å². The average Bonchev–Trinajstić information content (AvgIpc) is 3.20. The number of fused-ring (bicyclic) bond motifs is 3. The van der Waals surface area contributed by atoms with Gasteiger partial charge in [0.2, 0.25) is 0 Å². The van der Waals surface area contributed by atoms with Gasteiger partial charge in [-0.05, 0) is 74.8 Å². The van der Waals surface area contributed by atoms with E-state index in [1.807, 2.05) is 24.3 Å². The van der Waals surface area contributed by atoms with Crippen molar-refractivity contribution in [3.05, 3.63) is 144 Å². The van der Waals surface area contributed by atoms with Gasteiger partial charge in [-0.15, -0.1) is 0 Å². The van der Waals surface area contributed by atoms with Gasteiger partial charge >= 0.3 is 0 Å². The molecule has 0 radical (unpaired) electrons. The first kappa shape index (κ1) is 20.3. The summed E-state index contributed by atoms with van der Waals surface area (Å²) in [5.41, 5.74) is 9.16. The van der Waals surface area contributed by atoms with Crippen LogP contribution in [0.25, 0.3) is 22.3 Å². The van der Waals surface area contributed by atoms with E-state index < -0.39 is 5.41 Å². The summed E-state index contributed by atoms with van der Waals surface area (Å²) in [5.74, 6) is 1.12. The van der Waals surface area contributed by atoms with Gasteiger partial charge in [0.1, 0.15) is 11.5 Å². The largest absolute Gasteiger partial charge is 0.508 e. The fourth-order valence-corrected chi connectivity index (χ4v) is 5.43. The molecule has 0 aliphatic heterocycles. The molecule has 1 atom stereocenters. The van der Waals surface area contributed by atoms with Crippen molar-refractivity contribution in [1.82, 2.24) is 0 Å². The summed E-state index contributed by atoms with van der Waals surface area (Å²) < 4.78 is 5.36. The maximum atomic E-state index is 10.1. The molecule has 2 nitrogen and oxygen atoms in total. The first-order valence-corrected chi connectivity index (χ1v) is 11.5. The lowest BCUT2D eigenvalue weighted by Crippen LogP contribution is -2.28. The SMILES string of the molecule is COc1ccc(-c2ccc3c(c2)C(c2ccccc2)(c2ccc(O)cc2)c2ccccc2-3)cc1. The average molecular weight is 441 g/mol. The van der Waals surface area contributed by atoms with Gasteiger partial charge in [0.15, 0.2) is 0 Å². The van der Waals surface area contributed by atoms with Crippen molar-refractivity contribution in [3.8, 4) is 33.8 Å². The Kier molecular flexibility index (Phi) is 4.74. The minimum Gasteiger partial charge on any atom is -0.508 e. The van der Waals surface area contributed by atoms with Crippen LogP contribution in [0, 0.1) is 0 Å². The van der Waals surface area contributed by atoms with E-state index in [2.05, 4.69) is 84.9 Å². The summed E-state index contributed by atoms with van der Waals surface area (Å²) in [4.78, 5) is 0. The summed E-state index contributed by atoms with van der Waals surface area (Å²) in [6.07, 6.45) is 0. The number of hydrogen-bond donors (Lipinski definition) is 1. The molecule has 2 heteroatoms. The van der Waals surface area contributed by atoms with Crippen LogP contribution in [0.4, 0.5) is 0 Å². The van der Waals surface area contributed by atoms with E-state index in [1.54, 1.807) is 19.2 Å². The number of benzene rings is 5. The first-order chi connectivity index (χ1) is 16.7. The predicted molar refractivity (Wildman–Crippen MR) is 137 cm³/mol. The topological polar surface area (TPSA) is 29.5 Å². The molecule has 0 heterocycles. The Balaban J connectivity index is 1.68. The van der Waals surface area contributed by atoms with Gasteiger partial charge in [-0.3, -0.25) is 0 Å². The highest BCUT2D eigenvalue weighted by Gasteiger charge is 2.46. The van der Waals surface area contributed by atoms with Crippen LogP contribution >= 0.6 is 0 Å². The highest BCUT2D eigenvalue weighted by atomic mass is 16.5. The van der Waals surface area contributed by atoms with Gasteiger partial charge < -0.3 is 9.84 Å². The zero-order valence-electron chi connectivity index (χ0n) is 18.9. The van der Waals surface area contributed by atoms with Crippen LogP contribution in [0.5, 0.6) is 11.5 Å². The van der Waals surface area contributed by atoms with Crippen molar-refractivity contribution in [2.75, 3.05) is 7.11 Å². The minimum atomic E-state index is -0.483. The fourth-order valence-electron chi connectivity index (χ4n) is 5.43. The molecule has 0 fully saturated rings. The third-order valence-corrected chi connectivity index (χ3v) is 6.98. The molecule has 1 aliphatic carbocycles. The first-order valence-electron chi connectivity index (χ1n) is 11.5. The zero-order chi connectivity index (χ0) is 23.1. The molecule has 0 spiro atoms. The predicted octanol–water partition coefficient (Wildman–Crippen LogP) is 7.43. The molecule has 34 heavy (non-hydrogen) atoms. The standard InChI is InChI=1S/C32H24O2/c1-34-27-18-11-22(12-19-27)23-13-20-29-28-9-5-6-10-30(28)32(31(29)21-23,24-7-3-2-4-8-24)25-14-16-26(33)17-15-25/h2-21,33H,1H3. The second kappa shape index (κ2) is 7.93. The second-order valence-corrected chi connectivity index (χ2v) is 8.70. The molecule has 0 aromatic heterocycles. The van der Waals surface area contributed by atoms with Gasteiger partial charge in [-0.25, -0.2) is 0 Å². The molecule has 0 saturated carbocycles. The minimum absolute atomic E-state index is 0.269. The Morgan fingerprint density at radius 1 is 0.559 bits per heavy atom. The van der Waals surface area contributed by atoms with Gasteiger partial charge in [-0.2, -0.15) is 0 Å². The third-order valence-electron chi connectivity index (χ3n) is 6.98. The van der Waals surface area contributed by atoms with E-state index in [0.717, 1.165) is 22.4 Å². The van der Waals surface area contributed by atoms with Crippen LogP contribution in [-0.2, 0) is 5.41 Å². The van der Waals surface area contributed by atoms with E-state index >= 15 is 0 Å². The van der Waals surface area contributed by atoms with Crippen LogP contribution in [-0.4, -0.2) is 12.2 Å². The van der Waals surface area contributed by atoms with Crippen molar-refractivity contribution in [1.29, 1.82) is 0 Å². The van der Waals surface area contributed by atoms with Crippen LogP contribution in [0.3, 0.4) is 0 Å². The van der Waals surface area contributed by atoms with E-state index in [9.17, 15) is 5.11 Å². The summed E-state index contributed by atoms with van der Waals surface area (Å²) in [6.45, 7) is 0. The van der Waals surface area contributed by atoms with Crippen molar-refractivity contribution in [2.24, 2.45) is 0 Å². The molecule has 1 N–H and O–H groups in total. The molecule has 1 unspecified atom stereocenters. The number of phenols is 1. The lowest BCUT2D eigenvalue weighted by Gasteiger charge is -2.34. The summed E-state index contributed by atoms with van der Waals surface area (Å²) in [7, 11) is 1.69. The third kappa shape index (κ3) is 2.96.